The lowest BCUT2D eigenvalue weighted by Crippen LogP contribution is -2.34. The predicted octanol–water partition coefficient (Wildman–Crippen LogP) is 3.25. The van der Waals surface area contributed by atoms with Gasteiger partial charge in [-0.25, -0.2) is 9.97 Å². The summed E-state index contributed by atoms with van der Waals surface area (Å²) in [5, 5.41) is 0. The summed E-state index contributed by atoms with van der Waals surface area (Å²) < 4.78 is 8.10. The summed E-state index contributed by atoms with van der Waals surface area (Å²) in [5.74, 6) is 1.22. The van der Waals surface area contributed by atoms with Crippen molar-refractivity contribution in [2.75, 3.05) is 13.1 Å². The molecule has 4 heterocycles. The van der Waals surface area contributed by atoms with Crippen molar-refractivity contribution in [1.29, 1.82) is 0 Å². The van der Waals surface area contributed by atoms with Crippen molar-refractivity contribution >= 4 is 16.7 Å². The van der Waals surface area contributed by atoms with Crippen LogP contribution in [0.25, 0.3) is 16.7 Å². The van der Waals surface area contributed by atoms with Crippen LogP contribution in [0.2, 0.25) is 0 Å². The third-order valence-electron chi connectivity index (χ3n) is 4.94. The highest BCUT2D eigenvalue weighted by Crippen LogP contribution is 2.29. The van der Waals surface area contributed by atoms with Gasteiger partial charge >= 0.3 is 0 Å². The molecule has 0 N–H and O–H groups in total. The second-order valence-electron chi connectivity index (χ2n) is 6.65. The van der Waals surface area contributed by atoms with Crippen molar-refractivity contribution in [2.45, 2.75) is 25.3 Å². The van der Waals surface area contributed by atoms with E-state index in [-0.39, 0.29) is 0 Å². The lowest BCUT2D eigenvalue weighted by Gasteiger charge is -2.30. The molecule has 1 fully saturated rings. The normalized spacial score (nSPS) is 19.0. The van der Waals surface area contributed by atoms with Gasteiger partial charge in [0, 0.05) is 31.4 Å². The van der Waals surface area contributed by atoms with Gasteiger partial charge < -0.3 is 4.42 Å². The van der Waals surface area contributed by atoms with E-state index in [1.54, 1.807) is 12.4 Å². The zero-order chi connectivity index (χ0) is 16.6. The first kappa shape index (κ1) is 14.6. The molecule has 0 aliphatic carbocycles. The van der Waals surface area contributed by atoms with Crippen LogP contribution in [0.4, 0.5) is 0 Å². The number of rotatable bonds is 3. The molecule has 1 aromatic carbocycles. The molecule has 1 atom stereocenters. The summed E-state index contributed by atoms with van der Waals surface area (Å²) >= 11 is 0. The van der Waals surface area contributed by atoms with Crippen LogP contribution >= 0.6 is 0 Å². The van der Waals surface area contributed by atoms with Crippen molar-refractivity contribution in [1.82, 2.24) is 24.3 Å². The maximum absolute atomic E-state index is 6.00. The topological polar surface area (TPSA) is 59.5 Å². The van der Waals surface area contributed by atoms with Gasteiger partial charge in [0.15, 0.2) is 17.1 Å². The molecule has 0 saturated carbocycles. The molecule has 1 saturated heterocycles. The van der Waals surface area contributed by atoms with Crippen LogP contribution in [0.15, 0.2) is 53.5 Å². The van der Waals surface area contributed by atoms with Crippen LogP contribution in [0.1, 0.15) is 30.3 Å². The number of fused-ring (bicyclic) bond motifs is 2. The van der Waals surface area contributed by atoms with E-state index in [1.165, 1.54) is 5.69 Å². The van der Waals surface area contributed by atoms with E-state index in [0.29, 0.717) is 5.92 Å². The van der Waals surface area contributed by atoms with Gasteiger partial charge in [-0.2, -0.15) is 0 Å². The number of benzene rings is 1. The Balaban J connectivity index is 1.37. The second-order valence-corrected chi connectivity index (χ2v) is 6.65. The molecule has 126 valence electrons. The molecule has 1 unspecified atom stereocenters. The molecule has 25 heavy (non-hydrogen) atoms. The third kappa shape index (κ3) is 2.68. The lowest BCUT2D eigenvalue weighted by molar-refractivity contribution is 0.185. The molecule has 6 heteroatoms. The Kier molecular flexibility index (Phi) is 3.48. The standard InChI is InChI=1S/C19H19N5O/c1-2-6-17-16(5-1)22-19(25-17)14-4-3-8-23(12-14)13-15-10-21-18-11-20-7-9-24(15)18/h1-2,5-7,9-11,14H,3-4,8,12-13H2. The molecule has 4 aromatic rings. The quantitative estimate of drug-likeness (QED) is 0.576. The maximum atomic E-state index is 6.00. The Labute approximate surface area is 145 Å². The Morgan fingerprint density at radius 1 is 1.20 bits per heavy atom. The molecule has 0 radical (unpaired) electrons. The van der Waals surface area contributed by atoms with Crippen LogP contribution < -0.4 is 0 Å². The summed E-state index contributed by atoms with van der Waals surface area (Å²) in [6.07, 6.45) is 9.79. The molecule has 0 amide bonds. The molecule has 5 rings (SSSR count). The average Bonchev–Trinajstić information content (AvgIpc) is 3.26. The fraction of sp³-hybridized carbons (Fsp3) is 0.316. The van der Waals surface area contributed by atoms with E-state index in [4.69, 9.17) is 9.40 Å². The molecule has 1 aliphatic heterocycles. The first-order valence-corrected chi connectivity index (χ1v) is 8.70. The number of para-hydroxylation sites is 2. The Morgan fingerprint density at radius 3 is 3.12 bits per heavy atom. The predicted molar refractivity (Wildman–Crippen MR) is 94.2 cm³/mol. The fourth-order valence-electron chi connectivity index (χ4n) is 3.71. The second kappa shape index (κ2) is 5.97. The van der Waals surface area contributed by atoms with Gasteiger partial charge in [0.2, 0.25) is 0 Å². The average molecular weight is 333 g/mol. The molecule has 0 bridgehead atoms. The first-order valence-electron chi connectivity index (χ1n) is 8.70. The number of likely N-dealkylation sites (tertiary alicyclic amines) is 1. The number of oxazole rings is 1. The van der Waals surface area contributed by atoms with Gasteiger partial charge in [-0.3, -0.25) is 14.3 Å². The van der Waals surface area contributed by atoms with E-state index in [9.17, 15) is 0 Å². The van der Waals surface area contributed by atoms with Crippen molar-refractivity contribution < 1.29 is 4.42 Å². The van der Waals surface area contributed by atoms with E-state index < -0.39 is 0 Å². The number of aromatic nitrogens is 4. The summed E-state index contributed by atoms with van der Waals surface area (Å²) in [4.78, 5) is 15.7. The molecule has 0 spiro atoms. The number of hydrogen-bond acceptors (Lipinski definition) is 5. The minimum atomic E-state index is 0.349. The van der Waals surface area contributed by atoms with Crippen LogP contribution in [0.3, 0.4) is 0 Å². The van der Waals surface area contributed by atoms with Crippen molar-refractivity contribution in [3.8, 4) is 0 Å². The number of hydrogen-bond donors (Lipinski definition) is 0. The molecular weight excluding hydrogens is 314 g/mol. The monoisotopic (exact) mass is 333 g/mol. The van der Waals surface area contributed by atoms with Gasteiger partial charge in [0.05, 0.1) is 18.1 Å². The maximum Gasteiger partial charge on any atom is 0.199 e. The smallest absolute Gasteiger partial charge is 0.199 e. The molecule has 1 aliphatic rings. The number of imidazole rings is 1. The summed E-state index contributed by atoms with van der Waals surface area (Å²) in [5.41, 5.74) is 3.91. The number of nitrogens with zero attached hydrogens (tertiary/aromatic N) is 5. The Hall–Kier alpha value is -2.73. The first-order chi connectivity index (χ1) is 12.4. The third-order valence-corrected chi connectivity index (χ3v) is 4.94. The largest absolute Gasteiger partial charge is 0.440 e. The van der Waals surface area contributed by atoms with Gasteiger partial charge in [-0.15, -0.1) is 0 Å². The fourth-order valence-corrected chi connectivity index (χ4v) is 3.71. The molecule has 6 nitrogen and oxygen atoms in total. The van der Waals surface area contributed by atoms with Crippen LogP contribution in [0, 0.1) is 0 Å². The lowest BCUT2D eigenvalue weighted by atomic mass is 9.98. The SMILES string of the molecule is c1ccc2oc(C3CCCN(Cc4cnc5cnccn45)C3)nc2c1. The molecule has 3 aromatic heterocycles. The highest BCUT2D eigenvalue weighted by atomic mass is 16.3. The summed E-state index contributed by atoms with van der Waals surface area (Å²) in [7, 11) is 0. The van der Waals surface area contributed by atoms with Crippen molar-refractivity contribution in [2.24, 2.45) is 0 Å². The van der Waals surface area contributed by atoms with Crippen molar-refractivity contribution in [3.05, 3.63) is 60.6 Å². The van der Waals surface area contributed by atoms with Crippen LogP contribution in [-0.4, -0.2) is 37.3 Å². The van der Waals surface area contributed by atoms with E-state index in [0.717, 1.165) is 55.1 Å². The number of piperidine rings is 1. The van der Waals surface area contributed by atoms with Crippen molar-refractivity contribution in [3.63, 3.8) is 0 Å². The highest BCUT2D eigenvalue weighted by molar-refractivity contribution is 5.72. The zero-order valence-electron chi connectivity index (χ0n) is 13.9. The van der Waals surface area contributed by atoms with Gasteiger partial charge in [-0.1, -0.05) is 12.1 Å². The zero-order valence-corrected chi connectivity index (χ0v) is 13.9. The van der Waals surface area contributed by atoms with Crippen LogP contribution in [0.5, 0.6) is 0 Å². The summed E-state index contributed by atoms with van der Waals surface area (Å²) in [6, 6.07) is 7.99. The van der Waals surface area contributed by atoms with Crippen LogP contribution in [-0.2, 0) is 6.54 Å². The highest BCUT2D eigenvalue weighted by Gasteiger charge is 2.26. The summed E-state index contributed by atoms with van der Waals surface area (Å²) in [6.45, 7) is 2.93. The minimum absolute atomic E-state index is 0.349. The van der Waals surface area contributed by atoms with E-state index in [2.05, 4.69) is 19.3 Å². The van der Waals surface area contributed by atoms with E-state index >= 15 is 0 Å². The minimum Gasteiger partial charge on any atom is -0.440 e. The van der Waals surface area contributed by atoms with E-state index in [1.807, 2.05) is 36.7 Å². The van der Waals surface area contributed by atoms with Gasteiger partial charge in [0.1, 0.15) is 5.52 Å². The molecular formula is C19H19N5O. The Morgan fingerprint density at radius 2 is 2.16 bits per heavy atom. The van der Waals surface area contributed by atoms with Gasteiger partial charge in [0.25, 0.3) is 0 Å². The Bertz CT molecular complexity index is 988. The van der Waals surface area contributed by atoms with Gasteiger partial charge in [-0.05, 0) is 31.5 Å².